The van der Waals surface area contributed by atoms with E-state index in [1.807, 2.05) is 36.4 Å². The zero-order valence-corrected chi connectivity index (χ0v) is 15.6. The highest BCUT2D eigenvalue weighted by Gasteiger charge is 2.12. The van der Waals surface area contributed by atoms with Crippen molar-refractivity contribution < 1.29 is 14.3 Å². The van der Waals surface area contributed by atoms with Gasteiger partial charge in [0.15, 0.2) is 11.5 Å². The lowest BCUT2D eigenvalue weighted by Gasteiger charge is -2.13. The summed E-state index contributed by atoms with van der Waals surface area (Å²) >= 11 is 6.15. The highest BCUT2D eigenvalue weighted by atomic mass is 35.5. The third kappa shape index (κ3) is 4.99. The predicted molar refractivity (Wildman–Crippen MR) is 104 cm³/mol. The number of nitrogens with zero attached hydrogens (tertiary/aromatic N) is 1. The highest BCUT2D eigenvalue weighted by molar-refractivity contribution is 6.31. The van der Waals surface area contributed by atoms with Crippen molar-refractivity contribution in [2.75, 3.05) is 7.11 Å². The van der Waals surface area contributed by atoms with E-state index >= 15 is 0 Å². The summed E-state index contributed by atoms with van der Waals surface area (Å²) in [5.74, 6) is 0.826. The van der Waals surface area contributed by atoms with Crippen LogP contribution in [0, 0.1) is 0 Å². The Bertz CT molecular complexity index is 916. The molecule has 0 atom stereocenters. The molecule has 0 aliphatic carbocycles. The van der Waals surface area contributed by atoms with Gasteiger partial charge in [-0.3, -0.25) is 9.78 Å². The van der Waals surface area contributed by atoms with Crippen LogP contribution in [0.3, 0.4) is 0 Å². The first-order valence-electron chi connectivity index (χ1n) is 8.38. The fourth-order valence-electron chi connectivity index (χ4n) is 2.49. The number of ether oxygens (including phenoxy) is 2. The minimum Gasteiger partial charge on any atom is -0.493 e. The molecule has 0 aliphatic heterocycles. The summed E-state index contributed by atoms with van der Waals surface area (Å²) in [6.45, 7) is 0.711. The van der Waals surface area contributed by atoms with Crippen molar-refractivity contribution in [3.8, 4) is 11.5 Å². The Morgan fingerprint density at radius 2 is 1.96 bits per heavy atom. The largest absolute Gasteiger partial charge is 0.493 e. The Morgan fingerprint density at radius 1 is 1.11 bits per heavy atom. The van der Waals surface area contributed by atoms with Crippen LogP contribution >= 0.6 is 11.6 Å². The van der Waals surface area contributed by atoms with Gasteiger partial charge < -0.3 is 14.8 Å². The number of carbonyl (C=O) groups is 1. The first kappa shape index (κ1) is 18.7. The molecular formula is C21H19ClN2O3. The number of methoxy groups -OCH3 is 1. The van der Waals surface area contributed by atoms with Gasteiger partial charge in [-0.2, -0.15) is 0 Å². The summed E-state index contributed by atoms with van der Waals surface area (Å²) in [4.78, 5) is 16.4. The van der Waals surface area contributed by atoms with Crippen LogP contribution in [0.2, 0.25) is 5.02 Å². The summed E-state index contributed by atoms with van der Waals surface area (Å²) in [5, 5.41) is 3.50. The predicted octanol–water partition coefficient (Wildman–Crippen LogP) is 4.25. The van der Waals surface area contributed by atoms with Crippen LogP contribution in [0.4, 0.5) is 0 Å². The molecule has 1 N–H and O–H groups in total. The van der Waals surface area contributed by atoms with E-state index in [-0.39, 0.29) is 5.91 Å². The fourth-order valence-corrected chi connectivity index (χ4v) is 2.68. The van der Waals surface area contributed by atoms with Crippen LogP contribution < -0.4 is 14.8 Å². The Balaban J connectivity index is 1.66. The van der Waals surface area contributed by atoms with Crippen molar-refractivity contribution in [2.24, 2.45) is 0 Å². The Labute approximate surface area is 162 Å². The molecule has 0 saturated carbocycles. The number of aromatic nitrogens is 1. The van der Waals surface area contributed by atoms with E-state index in [0.717, 1.165) is 11.1 Å². The number of carbonyl (C=O) groups excluding carboxylic acids is 1. The van der Waals surface area contributed by atoms with Crippen LogP contribution in [0.25, 0.3) is 0 Å². The molecule has 3 rings (SSSR count). The number of halogens is 1. The van der Waals surface area contributed by atoms with Crippen LogP contribution in [0.5, 0.6) is 11.5 Å². The van der Waals surface area contributed by atoms with Crippen molar-refractivity contribution in [3.05, 3.63) is 88.7 Å². The number of rotatable bonds is 7. The number of hydrogen-bond donors (Lipinski definition) is 1. The maximum absolute atomic E-state index is 12.4. The molecule has 27 heavy (non-hydrogen) atoms. The zero-order chi connectivity index (χ0) is 19.1. The lowest BCUT2D eigenvalue weighted by molar-refractivity contribution is 0.0950. The van der Waals surface area contributed by atoms with E-state index in [1.165, 1.54) is 7.11 Å². The molecule has 5 nitrogen and oxygen atoms in total. The molecule has 0 radical (unpaired) electrons. The normalized spacial score (nSPS) is 10.3. The third-order valence-corrected chi connectivity index (χ3v) is 4.31. The maximum Gasteiger partial charge on any atom is 0.251 e. The molecule has 1 aromatic heterocycles. The minimum absolute atomic E-state index is 0.199. The minimum atomic E-state index is -0.199. The van der Waals surface area contributed by atoms with E-state index in [4.69, 9.17) is 21.1 Å². The molecular weight excluding hydrogens is 364 g/mol. The molecule has 0 unspecified atom stereocenters. The molecule has 0 fully saturated rings. The van der Waals surface area contributed by atoms with Gasteiger partial charge in [0.05, 0.1) is 7.11 Å². The van der Waals surface area contributed by atoms with Crippen molar-refractivity contribution >= 4 is 17.5 Å². The SMILES string of the molecule is COc1cc(C(=O)NCc2cccnc2)ccc1OCc1ccccc1Cl. The quantitative estimate of drug-likeness (QED) is 0.663. The molecule has 0 aliphatic rings. The van der Waals surface area contributed by atoms with Crippen LogP contribution in [-0.4, -0.2) is 18.0 Å². The van der Waals surface area contributed by atoms with Crippen LogP contribution in [0.15, 0.2) is 67.0 Å². The van der Waals surface area contributed by atoms with E-state index in [1.54, 1.807) is 30.6 Å². The van der Waals surface area contributed by atoms with Crippen molar-refractivity contribution in [3.63, 3.8) is 0 Å². The van der Waals surface area contributed by atoms with Gasteiger partial charge in [0.2, 0.25) is 0 Å². The second-order valence-corrected chi connectivity index (χ2v) is 6.20. The summed E-state index contributed by atoms with van der Waals surface area (Å²) in [6.07, 6.45) is 3.41. The van der Waals surface area contributed by atoms with E-state index < -0.39 is 0 Å². The second kappa shape index (κ2) is 9.05. The summed E-state index contributed by atoms with van der Waals surface area (Å²) in [5.41, 5.74) is 2.29. The zero-order valence-electron chi connectivity index (χ0n) is 14.8. The highest BCUT2D eigenvalue weighted by Crippen LogP contribution is 2.29. The smallest absolute Gasteiger partial charge is 0.251 e. The topological polar surface area (TPSA) is 60.5 Å². The maximum atomic E-state index is 12.4. The number of pyridine rings is 1. The molecule has 1 heterocycles. The van der Waals surface area contributed by atoms with E-state index in [0.29, 0.717) is 35.2 Å². The van der Waals surface area contributed by atoms with Gasteiger partial charge in [0.1, 0.15) is 6.61 Å². The third-order valence-electron chi connectivity index (χ3n) is 3.94. The molecule has 6 heteroatoms. The molecule has 138 valence electrons. The molecule has 3 aromatic rings. The van der Waals surface area contributed by atoms with Gasteiger partial charge in [-0.15, -0.1) is 0 Å². The van der Waals surface area contributed by atoms with Crippen molar-refractivity contribution in [1.82, 2.24) is 10.3 Å². The van der Waals surface area contributed by atoms with Crippen molar-refractivity contribution in [2.45, 2.75) is 13.2 Å². The van der Waals surface area contributed by atoms with E-state index in [2.05, 4.69) is 10.3 Å². The van der Waals surface area contributed by atoms with Gasteiger partial charge in [0, 0.05) is 35.1 Å². The number of nitrogens with one attached hydrogen (secondary N) is 1. The number of benzene rings is 2. The Hall–Kier alpha value is -3.05. The van der Waals surface area contributed by atoms with Gasteiger partial charge in [-0.1, -0.05) is 35.9 Å². The second-order valence-electron chi connectivity index (χ2n) is 5.79. The summed E-state index contributed by atoms with van der Waals surface area (Å²) in [7, 11) is 1.54. The lowest BCUT2D eigenvalue weighted by Crippen LogP contribution is -2.22. The Kier molecular flexibility index (Phi) is 6.28. The number of hydrogen-bond acceptors (Lipinski definition) is 4. The standard InChI is InChI=1S/C21H19ClN2O3/c1-26-20-11-16(21(25)24-13-15-5-4-10-23-12-15)8-9-19(20)27-14-17-6-2-3-7-18(17)22/h2-12H,13-14H2,1H3,(H,24,25). The molecule has 0 spiro atoms. The van der Waals surface area contributed by atoms with E-state index in [9.17, 15) is 4.79 Å². The molecule has 1 amide bonds. The van der Waals surface area contributed by atoms with Crippen molar-refractivity contribution in [1.29, 1.82) is 0 Å². The molecule has 0 bridgehead atoms. The van der Waals surface area contributed by atoms with Gasteiger partial charge in [-0.05, 0) is 35.9 Å². The number of amides is 1. The lowest BCUT2D eigenvalue weighted by atomic mass is 10.1. The summed E-state index contributed by atoms with van der Waals surface area (Å²) in [6, 6.07) is 16.3. The summed E-state index contributed by atoms with van der Waals surface area (Å²) < 4.78 is 11.2. The Morgan fingerprint density at radius 3 is 2.70 bits per heavy atom. The first-order valence-corrected chi connectivity index (χ1v) is 8.76. The van der Waals surface area contributed by atoms with Gasteiger partial charge >= 0.3 is 0 Å². The molecule has 2 aromatic carbocycles. The van der Waals surface area contributed by atoms with Gasteiger partial charge in [0.25, 0.3) is 5.91 Å². The van der Waals surface area contributed by atoms with Crippen LogP contribution in [0.1, 0.15) is 21.5 Å². The monoisotopic (exact) mass is 382 g/mol. The van der Waals surface area contributed by atoms with Gasteiger partial charge in [-0.25, -0.2) is 0 Å². The first-order chi connectivity index (χ1) is 13.2. The average molecular weight is 383 g/mol. The van der Waals surface area contributed by atoms with Crippen LogP contribution in [-0.2, 0) is 13.2 Å². The molecule has 0 saturated heterocycles. The fraction of sp³-hybridized carbons (Fsp3) is 0.143. The average Bonchev–Trinajstić information content (AvgIpc) is 2.72.